The second-order valence-electron chi connectivity index (χ2n) is 5.70. The Labute approximate surface area is 112 Å². The first-order valence-corrected chi connectivity index (χ1v) is 7.05. The van der Waals surface area contributed by atoms with Crippen molar-refractivity contribution in [3.8, 4) is 0 Å². The SMILES string of the molecule is C=CCN(CC1(C)CC1CC/C=C\CC)C(C)=O. The minimum atomic E-state index is 0.160. The number of amides is 1. The molecule has 2 nitrogen and oxygen atoms in total. The monoisotopic (exact) mass is 249 g/mol. The third kappa shape index (κ3) is 4.32. The van der Waals surface area contributed by atoms with E-state index in [1.165, 1.54) is 19.3 Å². The van der Waals surface area contributed by atoms with Crippen molar-refractivity contribution in [2.45, 2.75) is 46.5 Å². The van der Waals surface area contributed by atoms with Crippen LogP contribution in [-0.2, 0) is 4.79 Å². The van der Waals surface area contributed by atoms with Gasteiger partial charge in [-0.2, -0.15) is 0 Å². The summed E-state index contributed by atoms with van der Waals surface area (Å²) in [5.41, 5.74) is 0.342. The zero-order valence-electron chi connectivity index (χ0n) is 12.1. The van der Waals surface area contributed by atoms with E-state index in [0.717, 1.165) is 18.9 Å². The summed E-state index contributed by atoms with van der Waals surface area (Å²) in [6, 6.07) is 0. The molecule has 1 amide bonds. The highest BCUT2D eigenvalue weighted by Gasteiger charge is 2.49. The number of carbonyl (C=O) groups excluding carboxylic acids is 1. The second kappa shape index (κ2) is 6.77. The Hall–Kier alpha value is -1.05. The average Bonchev–Trinajstić information content (AvgIpc) is 2.95. The fourth-order valence-corrected chi connectivity index (χ4v) is 2.63. The second-order valence-corrected chi connectivity index (χ2v) is 5.70. The van der Waals surface area contributed by atoms with Crippen LogP contribution in [-0.4, -0.2) is 23.9 Å². The van der Waals surface area contributed by atoms with Gasteiger partial charge in [-0.3, -0.25) is 4.79 Å². The van der Waals surface area contributed by atoms with Crippen LogP contribution in [0.2, 0.25) is 0 Å². The Bertz CT molecular complexity index is 321. The normalized spacial score (nSPS) is 26.3. The van der Waals surface area contributed by atoms with Crippen LogP contribution in [0.4, 0.5) is 0 Å². The number of nitrogens with zero attached hydrogens (tertiary/aromatic N) is 1. The molecular formula is C16H27NO. The quantitative estimate of drug-likeness (QED) is 0.599. The Morgan fingerprint density at radius 2 is 2.22 bits per heavy atom. The van der Waals surface area contributed by atoms with Crippen molar-refractivity contribution in [3.05, 3.63) is 24.8 Å². The zero-order valence-corrected chi connectivity index (χ0v) is 12.1. The van der Waals surface area contributed by atoms with Crippen LogP contribution in [0.3, 0.4) is 0 Å². The maximum absolute atomic E-state index is 11.5. The minimum Gasteiger partial charge on any atom is -0.339 e. The summed E-state index contributed by atoms with van der Waals surface area (Å²) in [5, 5.41) is 0. The van der Waals surface area contributed by atoms with Crippen LogP contribution in [0.5, 0.6) is 0 Å². The number of hydrogen-bond donors (Lipinski definition) is 0. The van der Waals surface area contributed by atoms with Crippen molar-refractivity contribution in [2.75, 3.05) is 13.1 Å². The highest BCUT2D eigenvalue weighted by molar-refractivity contribution is 5.73. The molecule has 1 fully saturated rings. The summed E-state index contributed by atoms with van der Waals surface area (Å²) < 4.78 is 0. The minimum absolute atomic E-state index is 0.160. The molecule has 0 aliphatic heterocycles. The van der Waals surface area contributed by atoms with Crippen molar-refractivity contribution < 1.29 is 4.79 Å². The van der Waals surface area contributed by atoms with E-state index in [4.69, 9.17) is 0 Å². The van der Waals surface area contributed by atoms with Gasteiger partial charge < -0.3 is 4.90 Å². The molecule has 0 bridgehead atoms. The van der Waals surface area contributed by atoms with Gasteiger partial charge in [-0.15, -0.1) is 6.58 Å². The lowest BCUT2D eigenvalue weighted by Gasteiger charge is -2.24. The number of rotatable bonds is 8. The molecule has 0 saturated heterocycles. The van der Waals surface area contributed by atoms with Gasteiger partial charge in [-0.1, -0.05) is 32.1 Å². The van der Waals surface area contributed by atoms with Gasteiger partial charge in [0.05, 0.1) is 0 Å². The fourth-order valence-electron chi connectivity index (χ4n) is 2.63. The maximum atomic E-state index is 11.5. The van der Waals surface area contributed by atoms with E-state index < -0.39 is 0 Å². The van der Waals surface area contributed by atoms with E-state index >= 15 is 0 Å². The summed E-state index contributed by atoms with van der Waals surface area (Å²) in [6.07, 6.45) is 11.1. The van der Waals surface area contributed by atoms with E-state index in [9.17, 15) is 4.79 Å². The Kier molecular flexibility index (Phi) is 5.64. The largest absolute Gasteiger partial charge is 0.339 e. The molecule has 0 radical (unpaired) electrons. The maximum Gasteiger partial charge on any atom is 0.219 e. The molecule has 0 aromatic rings. The molecule has 102 valence electrons. The van der Waals surface area contributed by atoms with Gasteiger partial charge >= 0.3 is 0 Å². The third-order valence-electron chi connectivity index (χ3n) is 3.97. The lowest BCUT2D eigenvalue weighted by Crippen LogP contribution is -2.34. The lowest BCUT2D eigenvalue weighted by molar-refractivity contribution is -0.129. The Morgan fingerprint density at radius 3 is 2.78 bits per heavy atom. The zero-order chi connectivity index (χ0) is 13.6. The molecule has 2 atom stereocenters. The standard InChI is InChI=1S/C16H27NO/c1-5-7-8-9-10-15-12-16(15,4)13-17(11-6-2)14(3)18/h6-8,15H,2,5,9-13H2,1,3-4H3/b8-7-. The van der Waals surface area contributed by atoms with Crippen LogP contribution in [0.25, 0.3) is 0 Å². The number of hydrogen-bond acceptors (Lipinski definition) is 1. The molecule has 1 saturated carbocycles. The molecule has 0 spiro atoms. The molecule has 0 N–H and O–H groups in total. The molecule has 1 aliphatic rings. The van der Waals surface area contributed by atoms with Crippen molar-refractivity contribution in [3.63, 3.8) is 0 Å². The summed E-state index contributed by atoms with van der Waals surface area (Å²) in [5.74, 6) is 0.943. The first-order chi connectivity index (χ1) is 8.53. The molecule has 0 aromatic carbocycles. The van der Waals surface area contributed by atoms with E-state index in [2.05, 4.69) is 32.6 Å². The van der Waals surface area contributed by atoms with Crippen LogP contribution in [0.15, 0.2) is 24.8 Å². The summed E-state index contributed by atoms with van der Waals surface area (Å²) in [7, 11) is 0. The van der Waals surface area contributed by atoms with Gasteiger partial charge in [0, 0.05) is 20.0 Å². The first-order valence-electron chi connectivity index (χ1n) is 7.05. The number of allylic oxidation sites excluding steroid dienone is 2. The highest BCUT2D eigenvalue weighted by atomic mass is 16.2. The highest BCUT2D eigenvalue weighted by Crippen LogP contribution is 2.55. The molecule has 2 unspecified atom stereocenters. The van der Waals surface area contributed by atoms with Gasteiger partial charge in [-0.25, -0.2) is 0 Å². The van der Waals surface area contributed by atoms with E-state index in [-0.39, 0.29) is 5.91 Å². The first kappa shape index (κ1) is 15.0. The van der Waals surface area contributed by atoms with E-state index in [1.54, 1.807) is 6.92 Å². The van der Waals surface area contributed by atoms with Crippen LogP contribution in [0.1, 0.15) is 46.5 Å². The van der Waals surface area contributed by atoms with Crippen LogP contribution >= 0.6 is 0 Å². The molecule has 2 heteroatoms. The average molecular weight is 249 g/mol. The molecule has 18 heavy (non-hydrogen) atoms. The van der Waals surface area contributed by atoms with Crippen LogP contribution < -0.4 is 0 Å². The molecule has 1 aliphatic carbocycles. The molecular weight excluding hydrogens is 222 g/mol. The Balaban J connectivity index is 2.36. The van der Waals surface area contributed by atoms with Crippen molar-refractivity contribution in [1.29, 1.82) is 0 Å². The molecule has 1 rings (SSSR count). The summed E-state index contributed by atoms with van der Waals surface area (Å²) >= 11 is 0. The van der Waals surface area contributed by atoms with E-state index in [1.807, 2.05) is 11.0 Å². The summed E-state index contributed by atoms with van der Waals surface area (Å²) in [4.78, 5) is 13.4. The summed E-state index contributed by atoms with van der Waals surface area (Å²) in [6.45, 7) is 11.4. The lowest BCUT2D eigenvalue weighted by atomic mass is 10.0. The van der Waals surface area contributed by atoms with Crippen molar-refractivity contribution >= 4 is 5.91 Å². The van der Waals surface area contributed by atoms with Gasteiger partial charge in [0.15, 0.2) is 0 Å². The van der Waals surface area contributed by atoms with Gasteiger partial charge in [-0.05, 0) is 37.0 Å². The van der Waals surface area contributed by atoms with Gasteiger partial charge in [0.1, 0.15) is 0 Å². The van der Waals surface area contributed by atoms with Gasteiger partial charge in [0.2, 0.25) is 5.91 Å². The Morgan fingerprint density at radius 1 is 1.50 bits per heavy atom. The predicted octanol–water partition coefficient (Wildman–Crippen LogP) is 3.79. The molecule has 0 heterocycles. The fraction of sp³-hybridized carbons (Fsp3) is 0.688. The van der Waals surface area contributed by atoms with E-state index in [0.29, 0.717) is 12.0 Å². The topological polar surface area (TPSA) is 20.3 Å². The smallest absolute Gasteiger partial charge is 0.219 e. The molecule has 0 aromatic heterocycles. The van der Waals surface area contributed by atoms with Crippen LogP contribution in [0, 0.1) is 11.3 Å². The van der Waals surface area contributed by atoms with Gasteiger partial charge in [0.25, 0.3) is 0 Å². The van der Waals surface area contributed by atoms with Crippen molar-refractivity contribution in [1.82, 2.24) is 4.90 Å². The predicted molar refractivity (Wildman–Crippen MR) is 77.3 cm³/mol. The van der Waals surface area contributed by atoms with Crippen molar-refractivity contribution in [2.24, 2.45) is 11.3 Å². The third-order valence-corrected chi connectivity index (χ3v) is 3.97. The number of carbonyl (C=O) groups is 1.